The van der Waals surface area contributed by atoms with Crippen LogP contribution in [0.3, 0.4) is 0 Å². The van der Waals surface area contributed by atoms with Gasteiger partial charge in [0.2, 0.25) is 0 Å². The quantitative estimate of drug-likeness (QED) is 0.654. The molecule has 0 aromatic rings. The lowest BCUT2D eigenvalue weighted by Gasteiger charge is -2.46. The van der Waals surface area contributed by atoms with Crippen molar-refractivity contribution in [1.82, 2.24) is 0 Å². The van der Waals surface area contributed by atoms with Gasteiger partial charge in [-0.25, -0.2) is 0 Å². The first-order valence-corrected chi connectivity index (χ1v) is 18.5. The van der Waals surface area contributed by atoms with E-state index in [1.165, 1.54) is 6.04 Å². The van der Waals surface area contributed by atoms with Gasteiger partial charge in [0.1, 0.15) is 0 Å². The fraction of sp³-hybridized carbons (Fsp3) is 1.00. The van der Waals surface area contributed by atoms with Gasteiger partial charge in [-0.15, -0.1) is 0 Å². The topological polar surface area (TPSA) is 23.1 Å². The molecule has 0 aliphatic heterocycles. The zero-order valence-electron chi connectivity index (χ0n) is 14.0. The maximum absolute atomic E-state index is 12.7. The van der Waals surface area contributed by atoms with Crippen LogP contribution in [0.25, 0.3) is 0 Å². The van der Waals surface area contributed by atoms with Crippen LogP contribution in [0.15, 0.2) is 0 Å². The van der Waals surface area contributed by atoms with Crippen LogP contribution in [0.5, 0.6) is 0 Å². The van der Waals surface area contributed by atoms with Gasteiger partial charge >= 0.3 is 0 Å². The van der Waals surface area contributed by atoms with Gasteiger partial charge in [-0.3, -0.25) is 0 Å². The molecule has 18 heavy (non-hydrogen) atoms. The van der Waals surface area contributed by atoms with Gasteiger partial charge in [-0.1, -0.05) is 91.2 Å². The lowest BCUT2D eigenvalue weighted by Crippen LogP contribution is -2.58. The predicted molar refractivity (Wildman–Crippen MR) is 92.1 cm³/mol. The summed E-state index contributed by atoms with van der Waals surface area (Å²) in [6, 6.07) is 2.30. The third-order valence-corrected chi connectivity index (χ3v) is 31.7. The minimum atomic E-state index is -2.19. The van der Waals surface area contributed by atoms with E-state index in [4.69, 9.17) is 0 Å². The van der Waals surface area contributed by atoms with E-state index in [0.717, 1.165) is 11.2 Å². The van der Waals surface area contributed by atoms with E-state index in [-0.39, 0.29) is 8.31 Å². The fourth-order valence-corrected chi connectivity index (χ4v) is 29.0. The molecule has 3 unspecified atom stereocenters. The highest BCUT2D eigenvalue weighted by atomic mass is 29.2. The van der Waals surface area contributed by atoms with Crippen molar-refractivity contribution >= 4 is 33.0 Å². The second-order valence-corrected chi connectivity index (χ2v) is 26.9. The molecule has 0 rings (SSSR count). The summed E-state index contributed by atoms with van der Waals surface area (Å²) in [5.41, 5.74) is 0. The molecule has 0 aromatic heterocycles. The highest BCUT2D eigenvalue weighted by Crippen LogP contribution is 2.33. The zero-order valence-corrected chi connectivity index (χ0v) is 18.0. The molecule has 0 fully saturated rings. The Morgan fingerprint density at radius 1 is 0.889 bits per heavy atom. The summed E-state index contributed by atoms with van der Waals surface area (Å²) in [5.74, 6) is 0. The van der Waals surface area contributed by atoms with Crippen LogP contribution in [0.1, 0.15) is 27.7 Å². The summed E-state index contributed by atoms with van der Waals surface area (Å²) in [6.07, 6.45) is 0. The predicted octanol–water partition coefficient (Wildman–Crippen LogP) is 3.86. The molecule has 3 atom stereocenters. The molecular weight excluding hydrogens is 284 g/mol. The van der Waals surface area contributed by atoms with Crippen LogP contribution in [-0.2, 0) is 0 Å². The molecule has 2 radical (unpaired) electrons. The number of rotatable bonds is 7. The lowest BCUT2D eigenvalue weighted by molar-refractivity contribution is -0.208. The molecule has 0 aromatic carbocycles. The molecule has 0 bridgehead atoms. The van der Waals surface area contributed by atoms with Crippen molar-refractivity contribution < 1.29 is 4.80 Å². The molecule has 0 N–H and O–H groups in total. The summed E-state index contributed by atoms with van der Waals surface area (Å²) in [5, 5.41) is 1.49. The van der Waals surface area contributed by atoms with Gasteiger partial charge in [-0.05, 0) is 0 Å². The molecule has 1 nitrogen and oxygen atoms in total. The first kappa shape index (κ1) is 18.8. The molecule has 108 valence electrons. The second-order valence-electron chi connectivity index (χ2n) is 6.82. The molecule has 5 heteroatoms. The average molecular weight is 318 g/mol. The molecule has 0 spiro atoms. The normalized spacial score (nSPS) is 20.0. The minimum Gasteiger partial charge on any atom is -0.858 e. The van der Waals surface area contributed by atoms with E-state index in [1.54, 1.807) is 0 Å². The molecule has 0 saturated carbocycles. The van der Waals surface area contributed by atoms with E-state index in [0.29, 0.717) is 5.16 Å². The summed E-state index contributed by atoms with van der Waals surface area (Å²) in [7, 11) is -3.95. The van der Waals surface area contributed by atoms with Crippen molar-refractivity contribution in [3.05, 3.63) is 0 Å². The molecule has 0 heterocycles. The van der Waals surface area contributed by atoms with Crippen molar-refractivity contribution in [2.45, 2.75) is 82.8 Å². The van der Waals surface area contributed by atoms with Crippen LogP contribution >= 0.6 is 0 Å². The lowest BCUT2D eigenvalue weighted by atomic mass is 10.9. The van der Waals surface area contributed by atoms with Crippen LogP contribution in [0.4, 0.5) is 0 Å². The van der Waals surface area contributed by atoms with Gasteiger partial charge in [0, 0.05) is 24.7 Å². The average Bonchev–Trinajstić information content (AvgIpc) is 2.34. The Bertz CT molecular complexity index is 229. The van der Waals surface area contributed by atoms with E-state index in [1.807, 2.05) is 0 Å². The van der Waals surface area contributed by atoms with Crippen molar-refractivity contribution in [2.75, 3.05) is 0 Å². The van der Waals surface area contributed by atoms with Crippen molar-refractivity contribution in [3.8, 4) is 0 Å². The summed E-state index contributed by atoms with van der Waals surface area (Å²) < 4.78 is 0. The van der Waals surface area contributed by atoms with Crippen molar-refractivity contribution in [2.24, 2.45) is 0 Å². The fourth-order valence-electron chi connectivity index (χ4n) is 2.34. The van der Waals surface area contributed by atoms with Gasteiger partial charge < -0.3 is 4.80 Å². The Morgan fingerprint density at radius 2 is 1.28 bits per heavy atom. The maximum Gasteiger partial charge on any atom is 0.0468 e. The SMILES string of the molecule is CC[Si](C)(C)C(C)[Si](C)[Si](C)C(C)[Si](C)([O-])CC. The van der Waals surface area contributed by atoms with E-state index in [2.05, 4.69) is 60.4 Å². The monoisotopic (exact) mass is 317 g/mol. The Balaban J connectivity index is 4.84. The van der Waals surface area contributed by atoms with Crippen LogP contribution in [0.2, 0.25) is 55.2 Å². The van der Waals surface area contributed by atoms with Gasteiger partial charge in [0.05, 0.1) is 0 Å². The van der Waals surface area contributed by atoms with Crippen LogP contribution < -0.4 is 4.80 Å². The standard InChI is InChI=1S/C13H33OSi4/c1-10-17(7,8)12(3)15(5)16(6)13(4)18(9,14)11-2/h12-13H,10-11H2,1-9H3/q-1. The van der Waals surface area contributed by atoms with Crippen LogP contribution in [0, 0.1) is 0 Å². The first-order chi connectivity index (χ1) is 8.01. The third-order valence-electron chi connectivity index (χ3n) is 5.62. The Morgan fingerprint density at radius 3 is 1.61 bits per heavy atom. The highest BCUT2D eigenvalue weighted by Gasteiger charge is 2.37. The maximum atomic E-state index is 12.7. The Labute approximate surface area is 121 Å². The minimum absolute atomic E-state index is 0.307. The van der Waals surface area contributed by atoms with Crippen LogP contribution in [-0.4, -0.2) is 33.0 Å². The number of hydrogen-bond acceptors (Lipinski definition) is 1. The molecule has 0 aliphatic rings. The summed E-state index contributed by atoms with van der Waals surface area (Å²) in [6.45, 7) is 21.4. The number of hydrogen-bond donors (Lipinski definition) is 0. The molecule has 0 saturated heterocycles. The van der Waals surface area contributed by atoms with Crippen molar-refractivity contribution in [3.63, 3.8) is 0 Å². The first-order valence-electron chi connectivity index (χ1n) is 7.38. The van der Waals surface area contributed by atoms with Gasteiger partial charge in [0.25, 0.3) is 0 Å². The molecule has 0 aliphatic carbocycles. The largest absolute Gasteiger partial charge is 0.858 e. The van der Waals surface area contributed by atoms with E-state index < -0.39 is 24.7 Å². The Kier molecular flexibility index (Phi) is 7.34. The zero-order chi connectivity index (χ0) is 14.7. The van der Waals surface area contributed by atoms with Gasteiger partial charge in [-0.2, -0.15) is 0 Å². The van der Waals surface area contributed by atoms with Gasteiger partial charge in [0.15, 0.2) is 0 Å². The smallest absolute Gasteiger partial charge is 0.0468 e. The third kappa shape index (κ3) is 4.44. The molecular formula is C13H33OSi4-. The molecule has 0 amide bonds. The Hall–Kier alpha value is 0.828. The van der Waals surface area contributed by atoms with E-state index in [9.17, 15) is 4.80 Å². The summed E-state index contributed by atoms with van der Waals surface area (Å²) >= 11 is 0. The second kappa shape index (κ2) is 7.01. The summed E-state index contributed by atoms with van der Waals surface area (Å²) in [4.78, 5) is 12.7. The van der Waals surface area contributed by atoms with Crippen molar-refractivity contribution in [1.29, 1.82) is 0 Å². The highest BCUT2D eigenvalue weighted by molar-refractivity contribution is 7.28. The van der Waals surface area contributed by atoms with E-state index >= 15 is 0 Å².